The number of alkyl halides is 3. The van der Waals surface area contributed by atoms with Crippen molar-refractivity contribution in [3.8, 4) is 0 Å². The Kier molecular flexibility index (Phi) is 4.52. The number of nitrogens with two attached hydrogens (primary N) is 1. The maximum atomic E-state index is 12.9. The van der Waals surface area contributed by atoms with Gasteiger partial charge in [0.05, 0.1) is 11.1 Å². The van der Waals surface area contributed by atoms with Crippen LogP contribution in [0.4, 0.5) is 24.7 Å². The summed E-state index contributed by atoms with van der Waals surface area (Å²) in [6, 6.07) is 8.55. The number of primary amides is 1. The third-order valence-electron chi connectivity index (χ3n) is 4.17. The first-order valence-electron chi connectivity index (χ1n) is 7.78. The smallest absolute Gasteiger partial charge is 0.368 e. The van der Waals surface area contributed by atoms with Crippen LogP contribution in [0.25, 0.3) is 0 Å². The van der Waals surface area contributed by atoms with Crippen LogP contribution < -0.4 is 15.5 Å². The Morgan fingerprint density at radius 3 is 2.36 bits per heavy atom. The van der Waals surface area contributed by atoms with E-state index in [4.69, 9.17) is 5.73 Å². The van der Waals surface area contributed by atoms with Crippen LogP contribution in [0.2, 0.25) is 0 Å². The largest absolute Gasteiger partial charge is 0.416 e. The molecule has 2 N–H and O–H groups in total. The Balaban J connectivity index is 1.74. The number of aromatic nitrogens is 1. The summed E-state index contributed by atoms with van der Waals surface area (Å²) >= 11 is 0. The molecule has 1 amide bonds. The number of carbonyl (C=O) groups excluding carboxylic acids is 1. The van der Waals surface area contributed by atoms with Gasteiger partial charge < -0.3 is 15.5 Å². The summed E-state index contributed by atoms with van der Waals surface area (Å²) in [5.74, 6) is -0.0397. The second-order valence-electron chi connectivity index (χ2n) is 5.76. The molecular weight excluding hydrogens is 333 g/mol. The van der Waals surface area contributed by atoms with Gasteiger partial charge in [-0.05, 0) is 30.3 Å². The highest BCUT2D eigenvalue weighted by molar-refractivity contribution is 5.97. The highest BCUT2D eigenvalue weighted by Gasteiger charge is 2.31. The van der Waals surface area contributed by atoms with E-state index in [9.17, 15) is 18.0 Å². The predicted octanol–water partition coefficient (Wildman–Crippen LogP) is 2.53. The fourth-order valence-electron chi connectivity index (χ4n) is 2.90. The zero-order valence-electron chi connectivity index (χ0n) is 13.3. The SMILES string of the molecule is NC(=O)c1cccnc1N1CCN(c2cccc(C(F)(F)F)c2)CC1. The summed E-state index contributed by atoms with van der Waals surface area (Å²) < 4.78 is 38.6. The molecule has 0 unspecified atom stereocenters. The lowest BCUT2D eigenvalue weighted by Gasteiger charge is -2.37. The summed E-state index contributed by atoms with van der Waals surface area (Å²) in [6.45, 7) is 2.12. The first-order chi connectivity index (χ1) is 11.9. The number of carbonyl (C=O) groups is 1. The van der Waals surface area contributed by atoms with Crippen LogP contribution in [-0.2, 0) is 6.18 Å². The molecule has 1 aromatic heterocycles. The van der Waals surface area contributed by atoms with Gasteiger partial charge in [0.25, 0.3) is 5.91 Å². The van der Waals surface area contributed by atoms with Gasteiger partial charge in [0.1, 0.15) is 5.82 Å². The maximum absolute atomic E-state index is 12.9. The molecule has 0 bridgehead atoms. The number of amides is 1. The summed E-state index contributed by atoms with van der Waals surface area (Å²) in [5.41, 5.74) is 5.59. The molecule has 0 atom stereocenters. The fraction of sp³-hybridized carbons (Fsp3) is 0.294. The van der Waals surface area contributed by atoms with E-state index in [0.717, 1.165) is 12.1 Å². The van der Waals surface area contributed by atoms with E-state index in [1.54, 1.807) is 24.4 Å². The number of halogens is 3. The molecule has 2 heterocycles. The van der Waals surface area contributed by atoms with E-state index in [1.807, 2.05) is 9.80 Å². The topological polar surface area (TPSA) is 62.5 Å². The molecule has 1 fully saturated rings. The van der Waals surface area contributed by atoms with Crippen LogP contribution in [0.15, 0.2) is 42.6 Å². The van der Waals surface area contributed by atoms with Crippen molar-refractivity contribution in [2.45, 2.75) is 6.18 Å². The van der Waals surface area contributed by atoms with E-state index >= 15 is 0 Å². The minimum atomic E-state index is -4.36. The average molecular weight is 350 g/mol. The third kappa shape index (κ3) is 3.67. The van der Waals surface area contributed by atoms with Crippen LogP contribution in [0.5, 0.6) is 0 Å². The Labute approximate surface area is 142 Å². The molecule has 25 heavy (non-hydrogen) atoms. The standard InChI is InChI=1S/C17H17F3N4O/c18-17(19,20)12-3-1-4-13(11-12)23-7-9-24(10-8-23)16-14(15(21)25)5-2-6-22-16/h1-6,11H,7-10H2,(H2,21,25). The molecule has 0 spiro atoms. The quantitative estimate of drug-likeness (QED) is 0.924. The van der Waals surface area contributed by atoms with Crippen molar-refractivity contribution in [1.82, 2.24) is 4.98 Å². The third-order valence-corrected chi connectivity index (χ3v) is 4.17. The molecule has 1 aromatic carbocycles. The van der Waals surface area contributed by atoms with Crippen molar-refractivity contribution in [1.29, 1.82) is 0 Å². The number of hydrogen-bond acceptors (Lipinski definition) is 4. The molecule has 1 aliphatic heterocycles. The molecule has 3 rings (SSSR count). The average Bonchev–Trinajstić information content (AvgIpc) is 2.61. The van der Waals surface area contributed by atoms with Crippen molar-refractivity contribution in [2.24, 2.45) is 5.73 Å². The number of hydrogen-bond donors (Lipinski definition) is 1. The lowest BCUT2D eigenvalue weighted by molar-refractivity contribution is -0.137. The van der Waals surface area contributed by atoms with Gasteiger partial charge in [-0.2, -0.15) is 13.2 Å². The van der Waals surface area contributed by atoms with E-state index in [2.05, 4.69) is 4.98 Å². The van der Waals surface area contributed by atoms with Gasteiger partial charge in [0.2, 0.25) is 0 Å². The van der Waals surface area contributed by atoms with Crippen molar-refractivity contribution >= 4 is 17.4 Å². The first-order valence-corrected chi connectivity index (χ1v) is 7.78. The Morgan fingerprint density at radius 2 is 1.72 bits per heavy atom. The molecule has 0 saturated carbocycles. The number of piperazine rings is 1. The Bertz CT molecular complexity index is 770. The van der Waals surface area contributed by atoms with Crippen molar-refractivity contribution < 1.29 is 18.0 Å². The second-order valence-corrected chi connectivity index (χ2v) is 5.76. The Morgan fingerprint density at radius 1 is 1.04 bits per heavy atom. The highest BCUT2D eigenvalue weighted by Crippen LogP contribution is 2.32. The number of nitrogens with zero attached hydrogens (tertiary/aromatic N) is 3. The van der Waals surface area contributed by atoms with Crippen LogP contribution in [0.1, 0.15) is 15.9 Å². The van der Waals surface area contributed by atoms with Crippen molar-refractivity contribution in [2.75, 3.05) is 36.0 Å². The zero-order valence-corrected chi connectivity index (χ0v) is 13.3. The van der Waals surface area contributed by atoms with Crippen LogP contribution in [-0.4, -0.2) is 37.1 Å². The van der Waals surface area contributed by atoms with E-state index < -0.39 is 17.6 Å². The summed E-state index contributed by atoms with van der Waals surface area (Å²) in [5, 5.41) is 0. The molecular formula is C17H17F3N4O. The second kappa shape index (κ2) is 6.62. The highest BCUT2D eigenvalue weighted by atomic mass is 19.4. The van der Waals surface area contributed by atoms with E-state index in [-0.39, 0.29) is 0 Å². The van der Waals surface area contributed by atoms with E-state index in [1.165, 1.54) is 6.07 Å². The molecule has 1 aliphatic rings. The van der Waals surface area contributed by atoms with E-state index in [0.29, 0.717) is 43.2 Å². The number of rotatable bonds is 3. The van der Waals surface area contributed by atoms with Gasteiger partial charge in [-0.1, -0.05) is 6.07 Å². The molecule has 1 saturated heterocycles. The first kappa shape index (κ1) is 17.1. The van der Waals surface area contributed by atoms with Crippen LogP contribution in [0.3, 0.4) is 0 Å². The number of pyridine rings is 1. The minimum Gasteiger partial charge on any atom is -0.368 e. The maximum Gasteiger partial charge on any atom is 0.416 e. The lowest BCUT2D eigenvalue weighted by atomic mass is 10.1. The monoisotopic (exact) mass is 350 g/mol. The normalized spacial score (nSPS) is 15.3. The lowest BCUT2D eigenvalue weighted by Crippen LogP contribution is -2.47. The number of benzene rings is 1. The van der Waals surface area contributed by atoms with Crippen LogP contribution in [0, 0.1) is 0 Å². The predicted molar refractivity (Wildman–Crippen MR) is 88.6 cm³/mol. The molecule has 5 nitrogen and oxygen atoms in total. The zero-order chi connectivity index (χ0) is 18.0. The molecule has 132 valence electrons. The fourth-order valence-corrected chi connectivity index (χ4v) is 2.90. The summed E-state index contributed by atoms with van der Waals surface area (Å²) in [6.07, 6.45) is -2.77. The molecule has 2 aromatic rings. The van der Waals surface area contributed by atoms with Gasteiger partial charge in [-0.25, -0.2) is 4.98 Å². The molecule has 0 aliphatic carbocycles. The summed E-state index contributed by atoms with van der Waals surface area (Å²) in [7, 11) is 0. The Hall–Kier alpha value is -2.77. The van der Waals surface area contributed by atoms with Gasteiger partial charge >= 0.3 is 6.18 Å². The van der Waals surface area contributed by atoms with Crippen LogP contribution >= 0.6 is 0 Å². The molecule has 8 heteroatoms. The minimum absolute atomic E-state index is 0.343. The summed E-state index contributed by atoms with van der Waals surface area (Å²) in [4.78, 5) is 19.6. The number of anilines is 2. The molecule has 0 radical (unpaired) electrons. The van der Waals surface area contributed by atoms with Crippen molar-refractivity contribution in [3.05, 3.63) is 53.7 Å². The van der Waals surface area contributed by atoms with Gasteiger partial charge in [0, 0.05) is 38.1 Å². The van der Waals surface area contributed by atoms with Crippen molar-refractivity contribution in [3.63, 3.8) is 0 Å². The van der Waals surface area contributed by atoms with Gasteiger partial charge in [0.15, 0.2) is 0 Å². The van der Waals surface area contributed by atoms with Gasteiger partial charge in [-0.3, -0.25) is 4.79 Å². The van der Waals surface area contributed by atoms with Gasteiger partial charge in [-0.15, -0.1) is 0 Å².